The molecule has 2 aliphatic heterocycles. The van der Waals surface area contributed by atoms with Crippen molar-refractivity contribution >= 4 is 22.7 Å². The average molecular weight is 494 g/mol. The number of hydrogen-bond acceptors (Lipinski definition) is 4. The number of benzene rings is 1. The summed E-state index contributed by atoms with van der Waals surface area (Å²) < 4.78 is 0. The molecule has 196 valence electrons. The number of carbonyl (C=O) groups is 2. The molecule has 0 spiro atoms. The Morgan fingerprint density at radius 2 is 1.81 bits per heavy atom. The molecule has 7 heteroatoms. The Bertz CT molecular complexity index is 1070. The molecule has 1 saturated carbocycles. The Labute approximate surface area is 215 Å². The van der Waals surface area contributed by atoms with Crippen molar-refractivity contribution in [2.75, 3.05) is 20.1 Å². The molecule has 36 heavy (non-hydrogen) atoms. The molecule has 5 rings (SSSR count). The predicted octanol–water partition coefficient (Wildman–Crippen LogP) is 3.62. The number of nitrogens with zero attached hydrogens (tertiary/aromatic N) is 2. The van der Waals surface area contributed by atoms with Crippen LogP contribution in [-0.2, 0) is 9.59 Å². The summed E-state index contributed by atoms with van der Waals surface area (Å²) >= 11 is 0. The van der Waals surface area contributed by atoms with Crippen molar-refractivity contribution in [1.29, 1.82) is 0 Å². The first-order valence-electron chi connectivity index (χ1n) is 14.0. The number of hydrogen-bond donors (Lipinski definition) is 3. The van der Waals surface area contributed by atoms with Gasteiger partial charge in [-0.3, -0.25) is 14.5 Å². The van der Waals surface area contributed by atoms with Crippen LogP contribution < -0.4 is 10.6 Å². The van der Waals surface area contributed by atoms with E-state index in [9.17, 15) is 9.59 Å². The third kappa shape index (κ3) is 4.56. The second-order valence-corrected chi connectivity index (χ2v) is 11.5. The number of carbonyl (C=O) groups excluding carboxylic acids is 2. The summed E-state index contributed by atoms with van der Waals surface area (Å²) in [6.45, 7) is 8.10. The molecule has 2 saturated heterocycles. The van der Waals surface area contributed by atoms with Crippen LogP contribution in [0.15, 0.2) is 30.5 Å². The van der Waals surface area contributed by atoms with Gasteiger partial charge in [0.05, 0.1) is 12.1 Å². The zero-order valence-electron chi connectivity index (χ0n) is 22.3. The van der Waals surface area contributed by atoms with Gasteiger partial charge in [-0.25, -0.2) is 0 Å². The lowest BCUT2D eigenvalue weighted by atomic mass is 9.82. The standard InChI is InChI=1S/C29H43N5O2/c1-18(2)34-17-23(22-16-31-24-13-9-8-12-21(22)24)27-25(34)14-15-33(27)29(36)26(20-10-6-5-7-11-20)32-28(35)19(3)30-4/h8-9,12-13,16,18-20,23,25-27,30-31H,5-7,10-11,14-15,17H2,1-4H3,(H,32,35)/t19-,23+,25+,26-,27+/m0/s1. The number of amides is 2. The molecule has 3 aliphatic rings. The van der Waals surface area contributed by atoms with Gasteiger partial charge in [0.25, 0.3) is 0 Å². The van der Waals surface area contributed by atoms with Gasteiger partial charge in [-0.2, -0.15) is 0 Å². The Kier molecular flexibility index (Phi) is 7.40. The van der Waals surface area contributed by atoms with E-state index in [0.29, 0.717) is 12.1 Å². The Hall–Kier alpha value is -2.38. The second-order valence-electron chi connectivity index (χ2n) is 11.5. The first-order valence-corrected chi connectivity index (χ1v) is 14.0. The monoisotopic (exact) mass is 493 g/mol. The molecular formula is C29H43N5O2. The smallest absolute Gasteiger partial charge is 0.245 e. The lowest BCUT2D eigenvalue weighted by Gasteiger charge is -2.36. The van der Waals surface area contributed by atoms with Crippen molar-refractivity contribution in [2.24, 2.45) is 5.92 Å². The molecule has 3 N–H and O–H groups in total. The number of H-pyrrole nitrogens is 1. The highest BCUT2D eigenvalue weighted by atomic mass is 16.2. The first-order chi connectivity index (χ1) is 17.4. The third-order valence-electron chi connectivity index (χ3n) is 9.14. The summed E-state index contributed by atoms with van der Waals surface area (Å²) in [5.41, 5.74) is 2.46. The van der Waals surface area contributed by atoms with Crippen molar-refractivity contribution < 1.29 is 9.59 Å². The van der Waals surface area contributed by atoms with Gasteiger partial charge >= 0.3 is 0 Å². The minimum absolute atomic E-state index is 0.0828. The molecule has 1 aliphatic carbocycles. The van der Waals surface area contributed by atoms with Gasteiger partial charge < -0.3 is 20.5 Å². The zero-order chi connectivity index (χ0) is 25.4. The van der Waals surface area contributed by atoms with Crippen LogP contribution in [0.5, 0.6) is 0 Å². The van der Waals surface area contributed by atoms with Crippen LogP contribution in [0.2, 0.25) is 0 Å². The number of likely N-dealkylation sites (N-methyl/N-ethyl adjacent to an activating group) is 1. The van der Waals surface area contributed by atoms with Gasteiger partial charge in [0, 0.05) is 48.2 Å². The Balaban J connectivity index is 1.47. The summed E-state index contributed by atoms with van der Waals surface area (Å²) in [5.74, 6) is 0.508. The topological polar surface area (TPSA) is 80.5 Å². The van der Waals surface area contributed by atoms with E-state index < -0.39 is 6.04 Å². The fraction of sp³-hybridized carbons (Fsp3) is 0.655. The lowest BCUT2D eigenvalue weighted by molar-refractivity contribution is -0.139. The number of nitrogens with one attached hydrogen (secondary N) is 3. The van der Waals surface area contributed by atoms with Crippen LogP contribution in [0.3, 0.4) is 0 Å². The Morgan fingerprint density at radius 3 is 2.53 bits per heavy atom. The van der Waals surface area contributed by atoms with Gasteiger partial charge in [-0.1, -0.05) is 37.5 Å². The largest absolute Gasteiger partial charge is 0.361 e. The van der Waals surface area contributed by atoms with Gasteiger partial charge in [0.1, 0.15) is 6.04 Å². The van der Waals surface area contributed by atoms with Crippen LogP contribution >= 0.6 is 0 Å². The summed E-state index contributed by atoms with van der Waals surface area (Å²) in [5, 5.41) is 7.48. The molecule has 5 atom stereocenters. The van der Waals surface area contributed by atoms with Gasteiger partial charge in [0.2, 0.25) is 11.8 Å². The van der Waals surface area contributed by atoms with E-state index in [1.807, 2.05) is 6.92 Å². The van der Waals surface area contributed by atoms with E-state index >= 15 is 0 Å². The van der Waals surface area contributed by atoms with Gasteiger partial charge in [0.15, 0.2) is 0 Å². The molecule has 0 bridgehead atoms. The van der Waals surface area contributed by atoms with Crippen molar-refractivity contribution in [1.82, 2.24) is 25.4 Å². The molecule has 3 fully saturated rings. The minimum atomic E-state index is -0.441. The van der Waals surface area contributed by atoms with E-state index in [-0.39, 0.29) is 35.7 Å². The predicted molar refractivity (Wildman–Crippen MR) is 144 cm³/mol. The molecule has 7 nitrogen and oxygen atoms in total. The molecule has 2 aromatic rings. The molecule has 1 aromatic carbocycles. The van der Waals surface area contributed by atoms with Crippen molar-refractivity contribution in [3.63, 3.8) is 0 Å². The number of aromatic nitrogens is 1. The summed E-state index contributed by atoms with van der Waals surface area (Å²) in [6, 6.07) is 8.63. The maximum absolute atomic E-state index is 14.4. The first kappa shape index (κ1) is 25.3. The van der Waals surface area contributed by atoms with E-state index in [4.69, 9.17) is 0 Å². The quantitative estimate of drug-likeness (QED) is 0.550. The number of rotatable bonds is 7. The summed E-state index contributed by atoms with van der Waals surface area (Å²) in [7, 11) is 1.79. The molecule has 2 amide bonds. The van der Waals surface area contributed by atoms with Crippen molar-refractivity contribution in [3.8, 4) is 0 Å². The number of para-hydroxylation sites is 1. The van der Waals surface area contributed by atoms with Crippen LogP contribution in [0.25, 0.3) is 10.9 Å². The van der Waals surface area contributed by atoms with Crippen molar-refractivity contribution in [3.05, 3.63) is 36.0 Å². The normalized spacial score (nSPS) is 26.9. The van der Waals surface area contributed by atoms with Crippen LogP contribution in [0.4, 0.5) is 0 Å². The maximum atomic E-state index is 14.4. The van der Waals surface area contributed by atoms with E-state index in [1.54, 1.807) is 7.05 Å². The number of fused-ring (bicyclic) bond motifs is 2. The minimum Gasteiger partial charge on any atom is -0.361 e. The molecule has 0 unspecified atom stereocenters. The SMILES string of the molecule is CN[C@@H](C)C(=O)N[C@H](C(=O)N1CC[C@@H]2[C@H]1[C@@H](c1c[nH]c3ccccc13)CN2C(C)C)C1CCCCC1. The molecular weight excluding hydrogens is 450 g/mol. The van der Waals surface area contributed by atoms with E-state index in [1.165, 1.54) is 17.4 Å². The van der Waals surface area contributed by atoms with Gasteiger partial charge in [-0.15, -0.1) is 0 Å². The number of aromatic amines is 1. The highest BCUT2D eigenvalue weighted by molar-refractivity contribution is 5.90. The second kappa shape index (κ2) is 10.5. The summed E-state index contributed by atoms with van der Waals surface area (Å²) in [6.07, 6.45) is 8.66. The average Bonchev–Trinajstić information content (AvgIpc) is 3.61. The van der Waals surface area contributed by atoms with Crippen LogP contribution in [0.1, 0.15) is 70.8 Å². The van der Waals surface area contributed by atoms with Crippen molar-refractivity contribution in [2.45, 2.75) is 95.4 Å². The molecule has 0 radical (unpaired) electrons. The van der Waals surface area contributed by atoms with Gasteiger partial charge in [-0.05, 0) is 64.6 Å². The lowest BCUT2D eigenvalue weighted by Crippen LogP contribution is -2.57. The summed E-state index contributed by atoms with van der Waals surface area (Å²) in [4.78, 5) is 35.5. The van der Waals surface area contributed by atoms with Crippen LogP contribution in [-0.4, -0.2) is 76.9 Å². The highest BCUT2D eigenvalue weighted by Gasteiger charge is 2.53. The fourth-order valence-electron chi connectivity index (χ4n) is 7.09. The number of likely N-dealkylation sites (tertiary alicyclic amines) is 2. The highest BCUT2D eigenvalue weighted by Crippen LogP contribution is 2.44. The Morgan fingerprint density at radius 1 is 1.06 bits per heavy atom. The van der Waals surface area contributed by atoms with E-state index in [0.717, 1.165) is 50.7 Å². The third-order valence-corrected chi connectivity index (χ3v) is 9.14. The molecule has 1 aromatic heterocycles. The fourth-order valence-corrected chi connectivity index (χ4v) is 7.09. The van der Waals surface area contributed by atoms with E-state index in [2.05, 4.69) is 69.7 Å². The molecule has 3 heterocycles. The zero-order valence-corrected chi connectivity index (χ0v) is 22.3. The van der Waals surface area contributed by atoms with Crippen LogP contribution in [0, 0.1) is 5.92 Å². The maximum Gasteiger partial charge on any atom is 0.245 e.